The highest BCUT2D eigenvalue weighted by atomic mass is 16.5. The summed E-state index contributed by atoms with van der Waals surface area (Å²) < 4.78 is 11.2. The second-order valence-corrected chi connectivity index (χ2v) is 8.67. The van der Waals surface area contributed by atoms with Crippen molar-refractivity contribution in [1.82, 2.24) is 20.1 Å². The predicted octanol–water partition coefficient (Wildman–Crippen LogP) is 4.78. The number of rotatable bonds is 6. The molecule has 1 aliphatic carbocycles. The van der Waals surface area contributed by atoms with Gasteiger partial charge in [0.25, 0.3) is 0 Å². The topological polar surface area (TPSA) is 127 Å². The fourth-order valence-electron chi connectivity index (χ4n) is 4.36. The van der Waals surface area contributed by atoms with E-state index in [9.17, 15) is 0 Å². The van der Waals surface area contributed by atoms with Gasteiger partial charge in [0.2, 0.25) is 0 Å². The van der Waals surface area contributed by atoms with Crippen LogP contribution in [0, 0.1) is 26.7 Å². The number of fused-ring (bicyclic) bond motifs is 3. The molecule has 176 valence electrons. The summed E-state index contributed by atoms with van der Waals surface area (Å²) in [6, 6.07) is 4.05. The normalized spacial score (nSPS) is 14.9. The highest BCUT2D eigenvalue weighted by Gasteiger charge is 2.25. The third-order valence-corrected chi connectivity index (χ3v) is 6.11. The number of nitrogens with one attached hydrogen (secondary N) is 2. The number of aliphatic imine (C=N–C) groups is 1. The van der Waals surface area contributed by atoms with E-state index in [2.05, 4.69) is 25.4 Å². The standard InChI is InChI=1S/C25H29N7O2/c1-6-27-21(11-18(26)15-7-8-15)31-25-23-16-10-20(33-5)17(22-12(2)32-34-13(22)3)9-19(16)30-24(23)28-14(4)29-25/h9-11,15H,6-8,26H2,1-5H3,(H2,27,28,29,30,31). The molecule has 4 N–H and O–H groups in total. The molecule has 0 spiro atoms. The van der Waals surface area contributed by atoms with Crippen LogP contribution in [0.2, 0.25) is 0 Å². The monoisotopic (exact) mass is 459 g/mol. The molecule has 9 nitrogen and oxygen atoms in total. The summed E-state index contributed by atoms with van der Waals surface area (Å²) in [6.45, 7) is 8.32. The van der Waals surface area contributed by atoms with E-state index in [0.29, 0.717) is 29.9 Å². The Kier molecular flexibility index (Phi) is 5.47. The maximum Gasteiger partial charge on any atom is 0.145 e. The number of hydrogen-bond donors (Lipinski definition) is 3. The quantitative estimate of drug-likeness (QED) is 0.280. The first-order valence-electron chi connectivity index (χ1n) is 11.5. The van der Waals surface area contributed by atoms with Gasteiger partial charge >= 0.3 is 0 Å². The van der Waals surface area contributed by atoms with Crippen LogP contribution in [0.3, 0.4) is 0 Å². The SMILES string of the molecule is CCN=C(C=C(N)C1CC1)Nc1nc(C)nc2[nH]c3cc(-c4c(C)noc4C)c(OC)cc3c12. The molecule has 34 heavy (non-hydrogen) atoms. The zero-order chi connectivity index (χ0) is 24.0. The van der Waals surface area contributed by atoms with E-state index in [1.807, 2.05) is 45.9 Å². The van der Waals surface area contributed by atoms with Gasteiger partial charge in [-0.25, -0.2) is 9.97 Å². The van der Waals surface area contributed by atoms with Gasteiger partial charge in [-0.05, 0) is 64.7 Å². The van der Waals surface area contributed by atoms with Gasteiger partial charge in [0.05, 0.1) is 23.8 Å². The van der Waals surface area contributed by atoms with Crippen LogP contribution >= 0.6 is 0 Å². The molecular weight excluding hydrogens is 430 g/mol. The van der Waals surface area contributed by atoms with E-state index >= 15 is 0 Å². The lowest BCUT2D eigenvalue weighted by Crippen LogP contribution is -2.15. The first-order valence-corrected chi connectivity index (χ1v) is 11.5. The van der Waals surface area contributed by atoms with Crippen LogP contribution in [-0.4, -0.2) is 39.6 Å². The number of nitrogens with two attached hydrogens (primary N) is 1. The van der Waals surface area contributed by atoms with Crippen LogP contribution in [0.15, 0.2) is 33.4 Å². The lowest BCUT2D eigenvalue weighted by molar-refractivity contribution is 0.393. The number of aryl methyl sites for hydroxylation is 3. The predicted molar refractivity (Wildman–Crippen MR) is 134 cm³/mol. The summed E-state index contributed by atoms with van der Waals surface area (Å²) >= 11 is 0. The Labute approximate surface area is 197 Å². The summed E-state index contributed by atoms with van der Waals surface area (Å²) in [5.74, 6) is 3.93. The molecule has 1 aromatic carbocycles. The molecule has 3 heterocycles. The third-order valence-electron chi connectivity index (χ3n) is 6.11. The van der Waals surface area contributed by atoms with Crippen LogP contribution in [0.5, 0.6) is 5.75 Å². The van der Waals surface area contributed by atoms with Crippen LogP contribution in [-0.2, 0) is 0 Å². The van der Waals surface area contributed by atoms with Gasteiger partial charge in [0, 0.05) is 28.7 Å². The first-order chi connectivity index (χ1) is 16.4. The number of aromatic nitrogens is 4. The molecule has 0 saturated heterocycles. The highest BCUT2D eigenvalue weighted by molar-refractivity contribution is 6.16. The van der Waals surface area contributed by atoms with Crippen LogP contribution in [0.4, 0.5) is 5.82 Å². The Hall–Kier alpha value is -3.88. The zero-order valence-electron chi connectivity index (χ0n) is 20.1. The summed E-state index contributed by atoms with van der Waals surface area (Å²) in [5, 5.41) is 9.33. The molecule has 0 radical (unpaired) electrons. The van der Waals surface area contributed by atoms with Crippen molar-refractivity contribution in [2.45, 2.75) is 40.5 Å². The van der Waals surface area contributed by atoms with Gasteiger partial charge in [-0.3, -0.25) is 4.99 Å². The lowest BCUT2D eigenvalue weighted by Gasteiger charge is -2.11. The lowest BCUT2D eigenvalue weighted by atomic mass is 10.0. The Morgan fingerprint density at radius 3 is 2.74 bits per heavy atom. The summed E-state index contributed by atoms with van der Waals surface area (Å²) in [5.41, 5.74) is 11.4. The molecule has 0 unspecified atom stereocenters. The van der Waals surface area contributed by atoms with Crippen molar-refractivity contribution in [2.24, 2.45) is 16.6 Å². The van der Waals surface area contributed by atoms with Crippen molar-refractivity contribution in [3.05, 3.63) is 41.2 Å². The highest BCUT2D eigenvalue weighted by Crippen LogP contribution is 2.40. The summed E-state index contributed by atoms with van der Waals surface area (Å²) in [6.07, 6.45) is 4.19. The molecule has 1 aliphatic rings. The van der Waals surface area contributed by atoms with Crippen molar-refractivity contribution in [3.8, 4) is 16.9 Å². The Bertz CT molecular complexity index is 1440. The van der Waals surface area contributed by atoms with Gasteiger partial charge in [-0.2, -0.15) is 0 Å². The number of nitrogens with zero attached hydrogens (tertiary/aromatic N) is 4. The molecule has 9 heteroatoms. The van der Waals surface area contributed by atoms with Crippen LogP contribution < -0.4 is 15.8 Å². The minimum Gasteiger partial charge on any atom is -0.496 e. The second kappa shape index (κ2) is 8.48. The average molecular weight is 460 g/mol. The number of benzene rings is 1. The summed E-state index contributed by atoms with van der Waals surface area (Å²) in [4.78, 5) is 17.4. The number of ether oxygens (including phenoxy) is 1. The summed E-state index contributed by atoms with van der Waals surface area (Å²) in [7, 11) is 1.66. The molecule has 5 rings (SSSR count). The van der Waals surface area contributed by atoms with Gasteiger partial charge < -0.3 is 25.3 Å². The fraction of sp³-hybridized carbons (Fsp3) is 0.360. The number of aromatic amines is 1. The van der Waals surface area contributed by atoms with Crippen molar-refractivity contribution >= 4 is 33.6 Å². The van der Waals surface area contributed by atoms with E-state index in [-0.39, 0.29) is 0 Å². The number of hydrogen-bond acceptors (Lipinski definition) is 7. The molecule has 0 amide bonds. The minimum absolute atomic E-state index is 0.455. The Morgan fingerprint density at radius 2 is 2.09 bits per heavy atom. The number of methoxy groups -OCH3 is 1. The molecule has 4 aromatic rings. The fourth-order valence-corrected chi connectivity index (χ4v) is 4.36. The van der Waals surface area contributed by atoms with Crippen molar-refractivity contribution < 1.29 is 9.26 Å². The molecule has 0 aliphatic heterocycles. The largest absolute Gasteiger partial charge is 0.496 e. The molecule has 1 fully saturated rings. The molecule has 1 saturated carbocycles. The Morgan fingerprint density at radius 1 is 1.29 bits per heavy atom. The van der Waals surface area contributed by atoms with Crippen LogP contribution in [0.25, 0.3) is 33.1 Å². The average Bonchev–Trinajstić information content (AvgIpc) is 3.51. The Balaban J connectivity index is 1.68. The molecule has 3 aromatic heterocycles. The smallest absolute Gasteiger partial charge is 0.145 e. The van der Waals surface area contributed by atoms with Crippen LogP contribution in [0.1, 0.15) is 37.0 Å². The van der Waals surface area contributed by atoms with E-state index < -0.39 is 0 Å². The first kappa shape index (κ1) is 21.9. The van der Waals surface area contributed by atoms with Gasteiger partial charge in [-0.15, -0.1) is 0 Å². The number of H-pyrrole nitrogens is 1. The van der Waals surface area contributed by atoms with Gasteiger partial charge in [0.15, 0.2) is 0 Å². The molecule has 0 atom stereocenters. The van der Waals surface area contributed by atoms with Gasteiger partial charge in [0.1, 0.15) is 34.6 Å². The van der Waals surface area contributed by atoms with E-state index in [4.69, 9.17) is 20.0 Å². The van der Waals surface area contributed by atoms with Crippen molar-refractivity contribution in [2.75, 3.05) is 19.0 Å². The number of amidine groups is 1. The van der Waals surface area contributed by atoms with E-state index in [1.165, 1.54) is 0 Å². The minimum atomic E-state index is 0.455. The molecule has 0 bridgehead atoms. The number of allylic oxidation sites excluding steroid dienone is 1. The van der Waals surface area contributed by atoms with Crippen molar-refractivity contribution in [1.29, 1.82) is 0 Å². The third kappa shape index (κ3) is 3.87. The molecular formula is C25H29N7O2. The van der Waals surface area contributed by atoms with Gasteiger partial charge in [-0.1, -0.05) is 5.16 Å². The zero-order valence-corrected chi connectivity index (χ0v) is 20.1. The maximum atomic E-state index is 6.27. The van der Waals surface area contributed by atoms with E-state index in [1.54, 1.807) is 7.11 Å². The van der Waals surface area contributed by atoms with Crippen molar-refractivity contribution in [3.63, 3.8) is 0 Å². The second-order valence-electron chi connectivity index (χ2n) is 8.67. The number of anilines is 1. The van der Waals surface area contributed by atoms with E-state index in [0.717, 1.165) is 68.8 Å². The maximum absolute atomic E-state index is 6.27.